The minimum absolute atomic E-state index is 0.0750. The molecule has 153 valence electrons. The van der Waals surface area contributed by atoms with E-state index in [9.17, 15) is 9.59 Å². The number of hydrogen-bond donors (Lipinski definition) is 1. The third-order valence-electron chi connectivity index (χ3n) is 4.95. The molecule has 0 amide bonds. The lowest BCUT2D eigenvalue weighted by Gasteiger charge is -2.20. The van der Waals surface area contributed by atoms with E-state index in [1.165, 1.54) is 44.1 Å². The Bertz CT molecular complexity index is 570. The quantitative estimate of drug-likeness (QED) is 0.477. The highest BCUT2D eigenvalue weighted by Crippen LogP contribution is 2.28. The highest BCUT2D eigenvalue weighted by molar-refractivity contribution is 6.26. The van der Waals surface area contributed by atoms with Gasteiger partial charge in [0, 0.05) is 0 Å². The summed E-state index contributed by atoms with van der Waals surface area (Å²) < 4.78 is 13.8. The van der Waals surface area contributed by atoms with Crippen molar-refractivity contribution in [3.63, 3.8) is 0 Å². The first-order chi connectivity index (χ1) is 13.6. The predicted octanol–water partition coefficient (Wildman–Crippen LogP) is 2.03. The van der Waals surface area contributed by atoms with Crippen molar-refractivity contribution >= 4 is 19.6 Å². The van der Waals surface area contributed by atoms with Crippen molar-refractivity contribution in [3.05, 3.63) is 42.9 Å². The maximum Gasteiger partial charge on any atom is 0.662 e. The van der Waals surface area contributed by atoms with Crippen LogP contribution in [-0.4, -0.2) is 39.3 Å². The van der Waals surface area contributed by atoms with E-state index in [0.29, 0.717) is 11.0 Å². The van der Waals surface area contributed by atoms with Crippen LogP contribution in [0.4, 0.5) is 0 Å². The Morgan fingerprint density at radius 1 is 1.04 bits per heavy atom. The summed E-state index contributed by atoms with van der Waals surface area (Å²) in [5.74, 6) is 0.175. The monoisotopic (exact) mass is 388 g/mol. The van der Waals surface area contributed by atoms with Crippen LogP contribution in [0.25, 0.3) is 0 Å². The number of ether oxygens (including phenoxy) is 1. The summed E-state index contributed by atoms with van der Waals surface area (Å²) in [6, 6.07) is 10.3. The van der Waals surface area contributed by atoms with Crippen molar-refractivity contribution in [1.82, 2.24) is 0 Å². The van der Waals surface area contributed by atoms with E-state index in [-0.39, 0.29) is 13.1 Å². The zero-order chi connectivity index (χ0) is 20.2. The van der Waals surface area contributed by atoms with E-state index in [1.807, 2.05) is 18.2 Å². The van der Waals surface area contributed by atoms with Gasteiger partial charge in [-0.2, -0.15) is 0 Å². The second kappa shape index (κ2) is 12.6. The lowest BCUT2D eigenvalue weighted by molar-refractivity contribution is -0.837. The number of nitrogens with one attached hydrogen (secondary N) is 1. The van der Waals surface area contributed by atoms with Crippen molar-refractivity contribution in [1.29, 1.82) is 0 Å². The normalized spacial score (nSPS) is 22.6. The molecule has 2 aliphatic heterocycles. The molecule has 1 aromatic carbocycles. The van der Waals surface area contributed by atoms with Crippen LogP contribution in [0.2, 0.25) is 0 Å². The predicted molar refractivity (Wildman–Crippen MR) is 106 cm³/mol. The summed E-state index contributed by atoms with van der Waals surface area (Å²) in [5.41, 5.74) is 1.30. The van der Waals surface area contributed by atoms with Gasteiger partial charge in [0.15, 0.2) is 13.1 Å². The Balaban J connectivity index is 0.000000152. The van der Waals surface area contributed by atoms with Gasteiger partial charge in [-0.1, -0.05) is 75.8 Å². The molecule has 1 saturated carbocycles. The van der Waals surface area contributed by atoms with E-state index in [4.69, 9.17) is 4.74 Å². The van der Waals surface area contributed by atoms with Gasteiger partial charge in [0.25, 0.3) is 0 Å². The van der Waals surface area contributed by atoms with Gasteiger partial charge in [-0.3, -0.25) is 0 Å². The Labute approximate surface area is 168 Å². The molecule has 28 heavy (non-hydrogen) atoms. The summed E-state index contributed by atoms with van der Waals surface area (Å²) >= 11 is 0. The zero-order valence-corrected chi connectivity index (χ0v) is 16.7. The van der Waals surface area contributed by atoms with Crippen LogP contribution in [0.5, 0.6) is 0 Å². The van der Waals surface area contributed by atoms with Gasteiger partial charge in [-0.25, -0.2) is 9.59 Å². The van der Waals surface area contributed by atoms with Crippen molar-refractivity contribution in [2.75, 3.05) is 19.7 Å². The van der Waals surface area contributed by atoms with Crippen LogP contribution in [-0.2, 0) is 23.6 Å². The van der Waals surface area contributed by atoms with Crippen LogP contribution in [0.3, 0.4) is 0 Å². The molecule has 1 aromatic rings. The maximum absolute atomic E-state index is 10.6. The number of carbonyl (C=O) groups excluding carboxylic acids is 2. The highest BCUT2D eigenvalue weighted by Gasteiger charge is 2.23. The minimum Gasteiger partial charge on any atom is -0.495 e. The second-order valence-corrected chi connectivity index (χ2v) is 7.32. The molecule has 0 bridgehead atoms. The highest BCUT2D eigenvalue weighted by atomic mass is 16.6. The lowest BCUT2D eigenvalue weighted by Crippen LogP contribution is -3.09. The number of benzene rings is 1. The molecule has 1 atom stereocenters. The SMILES string of the molecule is CCC1CCCCC1.[CH2-][NH+]1CC(=O)O[B]OC(=O)C1.c1ccc(C2CO2)cc1. The fourth-order valence-corrected chi connectivity index (χ4v) is 3.19. The molecule has 3 fully saturated rings. The number of quaternary nitrogens is 1. The van der Waals surface area contributed by atoms with Gasteiger partial charge in [0.05, 0.1) is 6.61 Å². The van der Waals surface area contributed by atoms with Crippen LogP contribution >= 0.6 is 0 Å². The third kappa shape index (κ3) is 9.37. The Hall–Kier alpha value is -1.86. The Kier molecular flexibility index (Phi) is 10.1. The van der Waals surface area contributed by atoms with E-state index in [0.717, 1.165) is 20.2 Å². The third-order valence-corrected chi connectivity index (χ3v) is 4.95. The van der Waals surface area contributed by atoms with Crippen molar-refractivity contribution < 1.29 is 28.5 Å². The van der Waals surface area contributed by atoms with Crippen LogP contribution < -0.4 is 4.90 Å². The van der Waals surface area contributed by atoms with Crippen molar-refractivity contribution in [3.8, 4) is 0 Å². The Morgan fingerprint density at radius 3 is 2.07 bits per heavy atom. The summed E-state index contributed by atoms with van der Waals surface area (Å²) in [7, 11) is 4.25. The largest absolute Gasteiger partial charge is 0.662 e. The summed E-state index contributed by atoms with van der Waals surface area (Å²) in [6.45, 7) is 3.37. The molecular formula is C21H31BNO5. The van der Waals surface area contributed by atoms with E-state index < -0.39 is 11.9 Å². The van der Waals surface area contributed by atoms with E-state index in [1.54, 1.807) is 0 Å². The topological polar surface area (TPSA) is 69.6 Å². The molecular weight excluding hydrogens is 357 g/mol. The molecule has 4 rings (SSSR count). The standard InChI is InChI=1S/C8H8O.C8H16.C5H7BNO4/c1-2-4-7(5-3-1)8-6-9-8;1-2-8-6-4-3-5-7-8;1-7-2-4(8)10-6-11-5(9)3-7/h1-5,8H,6H2;8H,2-7H2,1H3;7H,1-3H2. The van der Waals surface area contributed by atoms with Crippen LogP contribution in [0.15, 0.2) is 30.3 Å². The van der Waals surface area contributed by atoms with Crippen molar-refractivity contribution in [2.24, 2.45) is 5.92 Å². The van der Waals surface area contributed by atoms with Crippen LogP contribution in [0.1, 0.15) is 57.1 Å². The number of carbonyl (C=O) groups is 2. The minimum atomic E-state index is -0.456. The summed E-state index contributed by atoms with van der Waals surface area (Å²) in [5, 5.41) is 0. The van der Waals surface area contributed by atoms with Gasteiger partial charge in [-0.05, 0) is 11.5 Å². The number of rotatable bonds is 2. The average Bonchev–Trinajstić information content (AvgIpc) is 3.54. The average molecular weight is 388 g/mol. The number of hydrogen-bond acceptors (Lipinski definition) is 5. The molecule has 0 aromatic heterocycles. The summed E-state index contributed by atoms with van der Waals surface area (Å²) in [6.07, 6.45) is 9.34. The van der Waals surface area contributed by atoms with Crippen LogP contribution in [0, 0.1) is 13.0 Å². The molecule has 1 N–H and O–H groups in total. The summed E-state index contributed by atoms with van der Waals surface area (Å²) in [4.78, 5) is 21.8. The van der Waals surface area contributed by atoms with E-state index >= 15 is 0 Å². The van der Waals surface area contributed by atoms with Crippen molar-refractivity contribution in [2.45, 2.75) is 51.6 Å². The second-order valence-electron chi connectivity index (χ2n) is 7.32. The molecule has 2 heterocycles. The molecule has 0 spiro atoms. The van der Waals surface area contributed by atoms with Gasteiger partial charge < -0.3 is 18.9 Å². The zero-order valence-electron chi connectivity index (χ0n) is 16.7. The van der Waals surface area contributed by atoms with E-state index in [2.05, 4.69) is 35.4 Å². The molecule has 2 saturated heterocycles. The Morgan fingerprint density at radius 2 is 1.61 bits per heavy atom. The smallest absolute Gasteiger partial charge is 0.495 e. The molecule has 3 aliphatic rings. The first kappa shape index (κ1) is 22.4. The molecule has 1 aliphatic carbocycles. The van der Waals surface area contributed by atoms with Gasteiger partial charge in [0.1, 0.15) is 6.10 Å². The van der Waals surface area contributed by atoms with Gasteiger partial charge >= 0.3 is 19.6 Å². The van der Waals surface area contributed by atoms with Gasteiger partial charge in [0.2, 0.25) is 0 Å². The lowest BCUT2D eigenvalue weighted by atomic mass is 9.88. The maximum atomic E-state index is 10.6. The fourth-order valence-electron chi connectivity index (χ4n) is 3.19. The molecule has 1 unspecified atom stereocenters. The number of epoxide rings is 1. The first-order valence-electron chi connectivity index (χ1n) is 10.1. The molecule has 7 heteroatoms. The first-order valence-corrected chi connectivity index (χ1v) is 10.1. The molecule has 6 nitrogen and oxygen atoms in total. The fraction of sp³-hybridized carbons (Fsp3) is 0.571. The molecule has 1 radical (unpaired) electrons. The van der Waals surface area contributed by atoms with Gasteiger partial charge in [-0.15, -0.1) is 7.05 Å².